The van der Waals surface area contributed by atoms with E-state index in [1.165, 1.54) is 11.6 Å². The number of hydrogen-bond donors (Lipinski definition) is 1. The molecule has 0 unspecified atom stereocenters. The molecule has 0 bridgehead atoms. The lowest BCUT2D eigenvalue weighted by Crippen LogP contribution is -2.01. The molecule has 5 heteroatoms. The first-order chi connectivity index (χ1) is 9.88. The molecule has 110 valence electrons. The molecule has 2 aromatic carbocycles. The minimum atomic E-state index is -0.492. The van der Waals surface area contributed by atoms with E-state index >= 15 is 0 Å². The molecule has 21 heavy (non-hydrogen) atoms. The number of nitro groups is 1. The molecule has 2 aromatic rings. The van der Waals surface area contributed by atoms with Crippen LogP contribution in [0, 0.1) is 30.9 Å². The van der Waals surface area contributed by atoms with Gasteiger partial charge in [0.25, 0.3) is 5.69 Å². The summed E-state index contributed by atoms with van der Waals surface area (Å²) in [7, 11) is 0. The quantitative estimate of drug-likeness (QED) is 0.528. The van der Waals surface area contributed by atoms with E-state index in [1.54, 1.807) is 12.1 Å². The highest BCUT2D eigenvalue weighted by Gasteiger charge is 2.11. The molecular formula is C16H18N2O3. The maximum Gasteiger partial charge on any atom is 0.292 e. The van der Waals surface area contributed by atoms with Gasteiger partial charge in [0.15, 0.2) is 0 Å². The van der Waals surface area contributed by atoms with Gasteiger partial charge in [0.05, 0.1) is 4.92 Å². The zero-order valence-corrected chi connectivity index (χ0v) is 12.3. The van der Waals surface area contributed by atoms with Crippen molar-refractivity contribution in [1.29, 1.82) is 0 Å². The van der Waals surface area contributed by atoms with Gasteiger partial charge in [-0.25, -0.2) is 0 Å². The number of rotatable bonds is 4. The van der Waals surface area contributed by atoms with Gasteiger partial charge in [-0.15, -0.1) is 0 Å². The number of ether oxygens (including phenoxy) is 1. The van der Waals surface area contributed by atoms with Crippen LogP contribution in [0.15, 0.2) is 30.3 Å². The molecular weight excluding hydrogens is 268 g/mol. The lowest BCUT2D eigenvalue weighted by Gasteiger charge is -2.12. The Balaban J connectivity index is 2.17. The van der Waals surface area contributed by atoms with Crippen LogP contribution in [0.4, 0.5) is 11.4 Å². The summed E-state index contributed by atoms with van der Waals surface area (Å²) in [6, 6.07) is 8.73. The molecule has 0 atom stereocenters. The Hall–Kier alpha value is -2.56. The van der Waals surface area contributed by atoms with Crippen molar-refractivity contribution in [2.75, 3.05) is 5.73 Å². The Morgan fingerprint density at radius 2 is 1.90 bits per heavy atom. The van der Waals surface area contributed by atoms with Crippen LogP contribution in [0.5, 0.6) is 5.75 Å². The Morgan fingerprint density at radius 3 is 2.52 bits per heavy atom. The Labute approximate surface area is 123 Å². The summed E-state index contributed by atoms with van der Waals surface area (Å²) >= 11 is 0. The van der Waals surface area contributed by atoms with Crippen molar-refractivity contribution >= 4 is 11.4 Å². The minimum Gasteiger partial charge on any atom is -0.489 e. The molecule has 0 saturated carbocycles. The van der Waals surface area contributed by atoms with Crippen LogP contribution in [0.2, 0.25) is 0 Å². The van der Waals surface area contributed by atoms with Gasteiger partial charge in [-0.1, -0.05) is 6.07 Å². The molecule has 0 fully saturated rings. The van der Waals surface area contributed by atoms with Gasteiger partial charge in [0, 0.05) is 6.07 Å². The van der Waals surface area contributed by atoms with Crippen molar-refractivity contribution in [1.82, 2.24) is 0 Å². The molecule has 0 heterocycles. The van der Waals surface area contributed by atoms with Crippen molar-refractivity contribution in [2.24, 2.45) is 0 Å². The summed E-state index contributed by atoms with van der Waals surface area (Å²) in [4.78, 5) is 10.2. The Bertz CT molecular complexity index is 696. The molecule has 2 N–H and O–H groups in total. The fraction of sp³-hybridized carbons (Fsp3) is 0.250. The maximum atomic E-state index is 10.7. The lowest BCUT2D eigenvalue weighted by atomic mass is 10.1. The first-order valence-electron chi connectivity index (χ1n) is 6.62. The molecule has 0 radical (unpaired) electrons. The van der Waals surface area contributed by atoms with Crippen LogP contribution in [0.3, 0.4) is 0 Å². The summed E-state index contributed by atoms with van der Waals surface area (Å²) in [5.74, 6) is 0.824. The third-order valence-electron chi connectivity index (χ3n) is 3.45. The SMILES string of the molecule is Cc1cc(C)c(C)c(OCc2ccc([N+](=O)[O-])c(N)c2)c1. The molecule has 0 aliphatic heterocycles. The number of anilines is 1. The van der Waals surface area contributed by atoms with Crippen LogP contribution in [0.25, 0.3) is 0 Å². The van der Waals surface area contributed by atoms with E-state index in [-0.39, 0.29) is 11.4 Å². The number of nitrogens with two attached hydrogens (primary N) is 1. The lowest BCUT2D eigenvalue weighted by molar-refractivity contribution is -0.383. The van der Waals surface area contributed by atoms with Crippen molar-refractivity contribution in [3.8, 4) is 5.75 Å². The van der Waals surface area contributed by atoms with Crippen LogP contribution >= 0.6 is 0 Å². The fourth-order valence-electron chi connectivity index (χ4n) is 2.17. The second-order valence-electron chi connectivity index (χ2n) is 5.14. The molecule has 0 aliphatic carbocycles. The van der Waals surface area contributed by atoms with Crippen LogP contribution in [-0.4, -0.2) is 4.92 Å². The largest absolute Gasteiger partial charge is 0.489 e. The van der Waals surface area contributed by atoms with Gasteiger partial charge in [0.1, 0.15) is 18.0 Å². The summed E-state index contributed by atoms with van der Waals surface area (Å²) < 4.78 is 5.81. The monoisotopic (exact) mass is 286 g/mol. The molecule has 0 spiro atoms. The normalized spacial score (nSPS) is 10.4. The molecule has 2 rings (SSSR count). The van der Waals surface area contributed by atoms with E-state index in [0.717, 1.165) is 22.4 Å². The Kier molecular flexibility index (Phi) is 4.12. The molecule has 5 nitrogen and oxygen atoms in total. The predicted molar refractivity (Wildman–Crippen MR) is 82.5 cm³/mol. The van der Waals surface area contributed by atoms with Crippen molar-refractivity contribution in [2.45, 2.75) is 27.4 Å². The van der Waals surface area contributed by atoms with Gasteiger partial charge in [-0.3, -0.25) is 10.1 Å². The van der Waals surface area contributed by atoms with E-state index in [9.17, 15) is 10.1 Å². The van der Waals surface area contributed by atoms with E-state index in [2.05, 4.69) is 6.07 Å². The smallest absolute Gasteiger partial charge is 0.292 e. The minimum absolute atomic E-state index is 0.0821. The summed E-state index contributed by atoms with van der Waals surface area (Å²) in [6.07, 6.45) is 0. The van der Waals surface area contributed by atoms with Gasteiger partial charge >= 0.3 is 0 Å². The van der Waals surface area contributed by atoms with Crippen molar-refractivity contribution < 1.29 is 9.66 Å². The summed E-state index contributed by atoms with van der Waals surface area (Å²) in [5.41, 5.74) is 9.95. The van der Waals surface area contributed by atoms with Crippen molar-refractivity contribution in [3.05, 3.63) is 62.7 Å². The Morgan fingerprint density at radius 1 is 1.19 bits per heavy atom. The summed E-state index contributed by atoms with van der Waals surface area (Å²) in [6.45, 7) is 6.39. The van der Waals surface area contributed by atoms with E-state index in [1.807, 2.05) is 26.8 Å². The number of nitrogens with zero attached hydrogens (tertiary/aromatic N) is 1. The zero-order chi connectivity index (χ0) is 15.6. The third kappa shape index (κ3) is 3.31. The van der Waals surface area contributed by atoms with Crippen LogP contribution < -0.4 is 10.5 Å². The van der Waals surface area contributed by atoms with Gasteiger partial charge in [-0.05, 0) is 61.2 Å². The molecule has 0 saturated heterocycles. The highest BCUT2D eigenvalue weighted by atomic mass is 16.6. The van der Waals surface area contributed by atoms with Gasteiger partial charge in [0.2, 0.25) is 0 Å². The highest BCUT2D eigenvalue weighted by molar-refractivity contribution is 5.59. The van der Waals surface area contributed by atoms with E-state index in [0.29, 0.717) is 6.61 Å². The zero-order valence-electron chi connectivity index (χ0n) is 12.3. The average Bonchev–Trinajstić information content (AvgIpc) is 2.40. The summed E-state index contributed by atoms with van der Waals surface area (Å²) in [5, 5.41) is 10.7. The number of benzene rings is 2. The average molecular weight is 286 g/mol. The standard InChI is InChI=1S/C16H18N2O3/c1-10-6-11(2)12(3)16(7-10)21-9-13-4-5-15(18(19)20)14(17)8-13/h4-8H,9,17H2,1-3H3. The van der Waals surface area contributed by atoms with Crippen molar-refractivity contribution in [3.63, 3.8) is 0 Å². The number of aryl methyl sites for hydroxylation is 2. The molecule has 0 aliphatic rings. The van der Waals surface area contributed by atoms with Crippen LogP contribution in [0.1, 0.15) is 22.3 Å². The van der Waals surface area contributed by atoms with Crippen LogP contribution in [-0.2, 0) is 6.61 Å². The van der Waals surface area contributed by atoms with E-state index < -0.39 is 4.92 Å². The third-order valence-corrected chi connectivity index (χ3v) is 3.45. The topological polar surface area (TPSA) is 78.4 Å². The number of nitro benzene ring substituents is 1. The second kappa shape index (κ2) is 5.83. The van der Waals surface area contributed by atoms with Gasteiger partial charge in [-0.2, -0.15) is 0 Å². The second-order valence-corrected chi connectivity index (χ2v) is 5.14. The molecule has 0 aromatic heterocycles. The van der Waals surface area contributed by atoms with E-state index in [4.69, 9.17) is 10.5 Å². The maximum absolute atomic E-state index is 10.7. The van der Waals surface area contributed by atoms with Gasteiger partial charge < -0.3 is 10.5 Å². The number of hydrogen-bond acceptors (Lipinski definition) is 4. The molecule has 0 amide bonds. The number of nitrogen functional groups attached to an aromatic ring is 1. The fourth-order valence-corrected chi connectivity index (χ4v) is 2.17. The first-order valence-corrected chi connectivity index (χ1v) is 6.62. The first kappa shape index (κ1) is 14.8. The predicted octanol–water partition coefficient (Wildman–Crippen LogP) is 3.68. The highest BCUT2D eigenvalue weighted by Crippen LogP contribution is 2.26.